The van der Waals surface area contributed by atoms with Crippen molar-refractivity contribution in [3.05, 3.63) is 24.3 Å². The summed E-state index contributed by atoms with van der Waals surface area (Å²) in [4.78, 5) is 3.28. The summed E-state index contributed by atoms with van der Waals surface area (Å²) in [5.41, 5.74) is 0.759. The highest BCUT2D eigenvalue weighted by molar-refractivity contribution is 7.90. The van der Waals surface area contributed by atoms with E-state index in [2.05, 4.69) is 4.98 Å². The highest BCUT2D eigenvalue weighted by Gasteiger charge is 2.08. The fraction of sp³-hybridized carbons (Fsp3) is 0.200. The maximum absolute atomic E-state index is 11.3. The van der Waals surface area contributed by atoms with E-state index < -0.39 is 9.84 Å². The molecule has 0 radical (unpaired) electrons. The van der Waals surface area contributed by atoms with E-state index in [-0.39, 0.29) is 0 Å². The molecule has 1 heterocycles. The van der Waals surface area contributed by atoms with Crippen molar-refractivity contribution < 1.29 is 13.2 Å². The molecule has 1 aromatic carbocycles. The lowest BCUT2D eigenvalue weighted by Gasteiger charge is -1.97. The molecule has 2 aromatic rings. The van der Waals surface area contributed by atoms with Crippen LogP contribution in [-0.2, 0) is 9.84 Å². The van der Waals surface area contributed by atoms with E-state index in [4.69, 9.17) is 4.74 Å². The number of hydrogen-bond acceptors (Lipinski definition) is 3. The Kier molecular flexibility index (Phi) is 2.19. The average Bonchev–Trinajstić information content (AvgIpc) is 2.57. The fourth-order valence-corrected chi connectivity index (χ4v) is 2.07. The topological polar surface area (TPSA) is 59.2 Å². The number of benzene rings is 1. The lowest BCUT2D eigenvalue weighted by Crippen LogP contribution is -1.95. The molecular weight excluding hydrogens is 214 g/mol. The van der Waals surface area contributed by atoms with Crippen molar-refractivity contribution >= 4 is 20.7 Å². The Balaban J connectivity index is 2.66. The van der Waals surface area contributed by atoms with Gasteiger partial charge < -0.3 is 9.72 Å². The van der Waals surface area contributed by atoms with Gasteiger partial charge in [0.15, 0.2) is 15.7 Å². The third-order valence-electron chi connectivity index (χ3n) is 2.22. The fourth-order valence-electron chi connectivity index (χ4n) is 1.42. The first kappa shape index (κ1) is 10.0. The summed E-state index contributed by atoms with van der Waals surface area (Å²) < 4.78 is 27.6. The molecule has 0 aliphatic carbocycles. The summed E-state index contributed by atoms with van der Waals surface area (Å²) in [5.74, 6) is 0.621. The molecule has 0 saturated heterocycles. The second kappa shape index (κ2) is 3.27. The van der Waals surface area contributed by atoms with Crippen molar-refractivity contribution in [3.63, 3.8) is 0 Å². The van der Waals surface area contributed by atoms with Crippen molar-refractivity contribution in [1.82, 2.24) is 4.98 Å². The Morgan fingerprint density at radius 1 is 1.27 bits per heavy atom. The standard InChI is InChI=1S/C10H11NO3S/c1-14-10-5-7-3-4-8(15(2,12)13)6-9(7)11-10/h3-6,11H,1-2H3. The first-order chi connectivity index (χ1) is 7.00. The largest absolute Gasteiger partial charge is 0.482 e. The molecular formula is C10H11NO3S. The maximum Gasteiger partial charge on any atom is 0.191 e. The van der Waals surface area contributed by atoms with Crippen molar-refractivity contribution in [3.8, 4) is 5.88 Å². The van der Waals surface area contributed by atoms with Crippen molar-refractivity contribution in [2.75, 3.05) is 13.4 Å². The molecule has 1 aromatic heterocycles. The van der Waals surface area contributed by atoms with Gasteiger partial charge in [0.25, 0.3) is 0 Å². The number of aromatic amines is 1. The van der Waals surface area contributed by atoms with E-state index in [0.717, 1.165) is 10.9 Å². The predicted molar refractivity (Wildman–Crippen MR) is 58.0 cm³/mol. The van der Waals surface area contributed by atoms with E-state index in [9.17, 15) is 8.42 Å². The summed E-state index contributed by atoms with van der Waals surface area (Å²) in [5, 5.41) is 0.930. The minimum Gasteiger partial charge on any atom is -0.482 e. The first-order valence-corrected chi connectivity index (χ1v) is 6.26. The van der Waals surface area contributed by atoms with Crippen molar-refractivity contribution in [2.45, 2.75) is 4.90 Å². The number of sulfone groups is 1. The quantitative estimate of drug-likeness (QED) is 0.844. The minimum atomic E-state index is -3.15. The smallest absolute Gasteiger partial charge is 0.191 e. The second-order valence-corrected chi connectivity index (χ2v) is 5.37. The zero-order chi connectivity index (χ0) is 11.1. The molecule has 0 saturated carbocycles. The highest BCUT2D eigenvalue weighted by Crippen LogP contribution is 2.22. The summed E-state index contributed by atoms with van der Waals surface area (Å²) in [7, 11) is -1.59. The van der Waals surface area contributed by atoms with Crippen LogP contribution in [0.25, 0.3) is 10.9 Å². The van der Waals surface area contributed by atoms with Crippen LogP contribution in [0.1, 0.15) is 0 Å². The molecule has 0 aliphatic rings. The van der Waals surface area contributed by atoms with Gasteiger partial charge in [-0.05, 0) is 12.1 Å². The van der Waals surface area contributed by atoms with Gasteiger partial charge in [0.05, 0.1) is 12.0 Å². The second-order valence-electron chi connectivity index (χ2n) is 3.36. The molecule has 0 bridgehead atoms. The van der Waals surface area contributed by atoms with Gasteiger partial charge in [0, 0.05) is 23.2 Å². The van der Waals surface area contributed by atoms with E-state index in [1.807, 2.05) is 6.07 Å². The number of ether oxygens (including phenoxy) is 1. The Bertz CT molecular complexity index is 598. The molecule has 15 heavy (non-hydrogen) atoms. The molecule has 0 atom stereocenters. The third kappa shape index (κ3) is 1.83. The molecule has 0 amide bonds. The van der Waals surface area contributed by atoms with Gasteiger partial charge in [-0.1, -0.05) is 6.07 Å². The Morgan fingerprint density at radius 2 is 2.00 bits per heavy atom. The number of rotatable bonds is 2. The van der Waals surface area contributed by atoms with Gasteiger partial charge in [-0.25, -0.2) is 8.42 Å². The monoisotopic (exact) mass is 225 g/mol. The van der Waals surface area contributed by atoms with Crippen LogP contribution in [0.3, 0.4) is 0 Å². The number of methoxy groups -OCH3 is 1. The highest BCUT2D eigenvalue weighted by atomic mass is 32.2. The Morgan fingerprint density at radius 3 is 2.60 bits per heavy atom. The summed E-state index contributed by atoms with van der Waals surface area (Å²) >= 11 is 0. The SMILES string of the molecule is COc1cc2ccc(S(C)(=O)=O)cc2[nH]1. The predicted octanol–water partition coefficient (Wildman–Crippen LogP) is 1.58. The summed E-state index contributed by atoms with van der Waals surface area (Å²) in [6.45, 7) is 0. The van der Waals surface area contributed by atoms with Gasteiger partial charge >= 0.3 is 0 Å². The molecule has 1 N–H and O–H groups in total. The molecule has 0 fully saturated rings. The van der Waals surface area contributed by atoms with Gasteiger partial charge in [0.1, 0.15) is 0 Å². The Hall–Kier alpha value is -1.49. The number of fused-ring (bicyclic) bond motifs is 1. The lowest BCUT2D eigenvalue weighted by molar-refractivity contribution is 0.401. The Labute approximate surface area is 87.8 Å². The maximum atomic E-state index is 11.3. The van der Waals surface area contributed by atoms with Gasteiger partial charge in [-0.3, -0.25) is 0 Å². The van der Waals surface area contributed by atoms with Crippen LogP contribution in [0.2, 0.25) is 0 Å². The van der Waals surface area contributed by atoms with Crippen molar-refractivity contribution in [1.29, 1.82) is 0 Å². The van der Waals surface area contributed by atoms with Crippen LogP contribution in [0.5, 0.6) is 5.88 Å². The molecule has 0 aliphatic heterocycles. The number of aromatic nitrogens is 1. The normalized spacial score (nSPS) is 11.9. The number of hydrogen-bond donors (Lipinski definition) is 1. The van der Waals surface area contributed by atoms with E-state index in [1.165, 1.54) is 6.26 Å². The van der Waals surface area contributed by atoms with Crippen LogP contribution < -0.4 is 4.74 Å². The van der Waals surface area contributed by atoms with E-state index in [0.29, 0.717) is 10.8 Å². The van der Waals surface area contributed by atoms with Gasteiger partial charge in [0.2, 0.25) is 0 Å². The zero-order valence-corrected chi connectivity index (χ0v) is 9.26. The molecule has 0 unspecified atom stereocenters. The van der Waals surface area contributed by atoms with Crippen LogP contribution in [-0.4, -0.2) is 26.8 Å². The molecule has 80 valence electrons. The molecule has 4 nitrogen and oxygen atoms in total. The van der Waals surface area contributed by atoms with Crippen LogP contribution in [0.4, 0.5) is 0 Å². The van der Waals surface area contributed by atoms with Crippen LogP contribution in [0.15, 0.2) is 29.2 Å². The van der Waals surface area contributed by atoms with Gasteiger partial charge in [-0.15, -0.1) is 0 Å². The first-order valence-electron chi connectivity index (χ1n) is 4.37. The van der Waals surface area contributed by atoms with E-state index >= 15 is 0 Å². The number of nitrogens with one attached hydrogen (secondary N) is 1. The minimum absolute atomic E-state index is 0.305. The van der Waals surface area contributed by atoms with Gasteiger partial charge in [-0.2, -0.15) is 0 Å². The van der Waals surface area contributed by atoms with E-state index in [1.54, 1.807) is 25.3 Å². The van der Waals surface area contributed by atoms with Crippen LogP contribution >= 0.6 is 0 Å². The molecule has 0 spiro atoms. The third-order valence-corrected chi connectivity index (χ3v) is 3.33. The molecule has 2 rings (SSSR count). The summed E-state index contributed by atoms with van der Waals surface area (Å²) in [6.07, 6.45) is 1.19. The number of H-pyrrole nitrogens is 1. The summed E-state index contributed by atoms with van der Waals surface area (Å²) in [6, 6.07) is 6.77. The van der Waals surface area contributed by atoms with Crippen molar-refractivity contribution in [2.24, 2.45) is 0 Å². The lowest BCUT2D eigenvalue weighted by atomic mass is 10.2. The van der Waals surface area contributed by atoms with Crippen LogP contribution in [0, 0.1) is 0 Å². The molecule has 5 heteroatoms. The zero-order valence-electron chi connectivity index (χ0n) is 8.44. The average molecular weight is 225 g/mol.